The molecule has 0 radical (unpaired) electrons. The number of ether oxygens (including phenoxy) is 2. The lowest BCUT2D eigenvalue weighted by molar-refractivity contribution is 0.123. The Labute approximate surface area is 181 Å². The number of rotatable bonds is 9. The molecule has 0 aliphatic rings. The van der Waals surface area contributed by atoms with Crippen molar-refractivity contribution in [1.29, 1.82) is 0 Å². The predicted octanol–water partition coefficient (Wildman–Crippen LogP) is 3.52. The molecule has 0 aromatic heterocycles. The Morgan fingerprint density at radius 2 is 1.79 bits per heavy atom. The number of hydrogen-bond acceptors (Lipinski definition) is 3. The van der Waals surface area contributed by atoms with Gasteiger partial charge in [-0.15, -0.1) is 24.0 Å². The van der Waals surface area contributed by atoms with Gasteiger partial charge in [0.2, 0.25) is 0 Å². The van der Waals surface area contributed by atoms with Gasteiger partial charge in [-0.05, 0) is 36.2 Å². The molecule has 154 valence electrons. The summed E-state index contributed by atoms with van der Waals surface area (Å²) >= 11 is 0. The zero-order valence-corrected chi connectivity index (χ0v) is 18.3. The fourth-order valence-electron chi connectivity index (χ4n) is 2.52. The third kappa shape index (κ3) is 7.97. The first-order valence-corrected chi connectivity index (χ1v) is 8.72. The van der Waals surface area contributed by atoms with Crippen LogP contribution >= 0.6 is 24.0 Å². The van der Waals surface area contributed by atoms with Gasteiger partial charge in [-0.2, -0.15) is 0 Å². The third-order valence-electron chi connectivity index (χ3n) is 3.91. The molecule has 8 heteroatoms. The summed E-state index contributed by atoms with van der Waals surface area (Å²) < 4.78 is 37.7. The molecule has 2 rings (SSSR count). The molecule has 0 spiro atoms. The quantitative estimate of drug-likeness (QED) is 0.237. The average Bonchev–Trinajstić information content (AvgIpc) is 2.69. The molecule has 5 nitrogen and oxygen atoms in total. The second kappa shape index (κ2) is 13.3. The third-order valence-corrected chi connectivity index (χ3v) is 3.91. The largest absolute Gasteiger partial charge is 0.496 e. The van der Waals surface area contributed by atoms with Crippen LogP contribution in [0.4, 0.5) is 8.78 Å². The van der Waals surface area contributed by atoms with E-state index in [0.717, 1.165) is 23.4 Å². The minimum absolute atomic E-state index is 0. The number of aliphatic imine (C=N–C) groups is 1. The number of hydrogen-bond donors (Lipinski definition) is 2. The minimum Gasteiger partial charge on any atom is -0.496 e. The van der Waals surface area contributed by atoms with Gasteiger partial charge in [0, 0.05) is 25.7 Å². The van der Waals surface area contributed by atoms with Gasteiger partial charge >= 0.3 is 0 Å². The lowest BCUT2D eigenvalue weighted by Gasteiger charge is -2.13. The van der Waals surface area contributed by atoms with E-state index in [1.165, 1.54) is 6.07 Å². The molecule has 0 atom stereocenters. The highest BCUT2D eigenvalue weighted by Gasteiger charge is 2.05. The van der Waals surface area contributed by atoms with Gasteiger partial charge in [0.05, 0.1) is 20.3 Å². The fourth-order valence-corrected chi connectivity index (χ4v) is 2.52. The molecule has 0 unspecified atom stereocenters. The molecule has 28 heavy (non-hydrogen) atoms. The van der Waals surface area contributed by atoms with Gasteiger partial charge in [0.25, 0.3) is 0 Å². The summed E-state index contributed by atoms with van der Waals surface area (Å²) in [5, 5.41) is 6.18. The molecule has 0 fully saturated rings. The van der Waals surface area contributed by atoms with Crippen molar-refractivity contribution < 1.29 is 18.3 Å². The first kappa shape index (κ1) is 24.1. The van der Waals surface area contributed by atoms with E-state index in [4.69, 9.17) is 9.47 Å². The Hall–Kier alpha value is -1.94. The number of halogens is 3. The summed E-state index contributed by atoms with van der Waals surface area (Å²) in [6.07, 6.45) is 0.356. The molecule has 0 heterocycles. The Bertz CT molecular complexity index is 760. The highest BCUT2D eigenvalue weighted by atomic mass is 127. The number of benzene rings is 2. The van der Waals surface area contributed by atoms with Crippen LogP contribution in [0.1, 0.15) is 11.1 Å². The highest BCUT2D eigenvalue weighted by molar-refractivity contribution is 14.0. The maximum Gasteiger partial charge on any atom is 0.191 e. The standard InChI is InChI=1S/C20H25F2N3O2.HI/c1-23-20(24-10-9-15-13-17(21)7-8-18(15)22)25-11-12-27-14-16-5-3-4-6-19(16)26-2;/h3-8,13H,9-12,14H2,1-2H3,(H2,23,24,25);1H. The van der Waals surface area contributed by atoms with Crippen LogP contribution in [0.5, 0.6) is 5.75 Å². The van der Waals surface area contributed by atoms with Gasteiger partial charge in [0.1, 0.15) is 17.4 Å². The Morgan fingerprint density at radius 3 is 2.54 bits per heavy atom. The molecule has 0 amide bonds. The monoisotopic (exact) mass is 505 g/mol. The smallest absolute Gasteiger partial charge is 0.191 e. The van der Waals surface area contributed by atoms with Crippen LogP contribution in [-0.2, 0) is 17.8 Å². The molecular formula is C20H26F2IN3O2. The second-order valence-electron chi connectivity index (χ2n) is 5.78. The fraction of sp³-hybridized carbons (Fsp3) is 0.350. The first-order valence-electron chi connectivity index (χ1n) is 8.72. The van der Waals surface area contributed by atoms with E-state index < -0.39 is 11.6 Å². The van der Waals surface area contributed by atoms with Crippen molar-refractivity contribution in [1.82, 2.24) is 10.6 Å². The Kier molecular flexibility index (Phi) is 11.4. The van der Waals surface area contributed by atoms with Crippen LogP contribution in [0.3, 0.4) is 0 Å². The van der Waals surface area contributed by atoms with Crippen molar-refractivity contribution in [2.75, 3.05) is 33.9 Å². The zero-order chi connectivity index (χ0) is 19.5. The molecule has 2 N–H and O–H groups in total. The highest BCUT2D eigenvalue weighted by Crippen LogP contribution is 2.17. The van der Waals surface area contributed by atoms with Crippen LogP contribution in [-0.4, -0.2) is 39.8 Å². The van der Waals surface area contributed by atoms with Crippen molar-refractivity contribution in [3.05, 3.63) is 65.2 Å². The molecule has 0 bridgehead atoms. The van der Waals surface area contributed by atoms with Crippen molar-refractivity contribution in [3.63, 3.8) is 0 Å². The Morgan fingerprint density at radius 1 is 1.04 bits per heavy atom. The van der Waals surface area contributed by atoms with Gasteiger partial charge in [-0.25, -0.2) is 8.78 Å². The summed E-state index contributed by atoms with van der Waals surface area (Å²) in [4.78, 5) is 4.09. The van der Waals surface area contributed by atoms with Crippen molar-refractivity contribution in [2.45, 2.75) is 13.0 Å². The van der Waals surface area contributed by atoms with E-state index in [1.807, 2.05) is 24.3 Å². The molecule has 0 saturated heterocycles. The molecular weight excluding hydrogens is 479 g/mol. The lowest BCUT2D eigenvalue weighted by atomic mass is 10.1. The SMILES string of the molecule is CN=C(NCCOCc1ccccc1OC)NCCc1cc(F)ccc1F.I. The first-order chi connectivity index (χ1) is 13.1. The van der Waals surface area contributed by atoms with Gasteiger partial charge in [-0.1, -0.05) is 18.2 Å². The number of nitrogens with one attached hydrogen (secondary N) is 2. The topological polar surface area (TPSA) is 54.9 Å². The van der Waals surface area contributed by atoms with Crippen LogP contribution in [0.15, 0.2) is 47.5 Å². The number of para-hydroxylation sites is 1. The van der Waals surface area contributed by atoms with Gasteiger partial charge in [0.15, 0.2) is 5.96 Å². The van der Waals surface area contributed by atoms with Crippen LogP contribution in [0.25, 0.3) is 0 Å². The lowest BCUT2D eigenvalue weighted by Crippen LogP contribution is -2.39. The number of methoxy groups -OCH3 is 1. The summed E-state index contributed by atoms with van der Waals surface area (Å²) in [7, 11) is 3.28. The second-order valence-corrected chi connectivity index (χ2v) is 5.78. The summed E-state index contributed by atoms with van der Waals surface area (Å²) in [6, 6.07) is 11.2. The number of guanidine groups is 1. The predicted molar refractivity (Wildman–Crippen MR) is 117 cm³/mol. The zero-order valence-electron chi connectivity index (χ0n) is 16.0. The summed E-state index contributed by atoms with van der Waals surface area (Å²) in [6.45, 7) is 1.93. The van der Waals surface area contributed by atoms with Crippen molar-refractivity contribution in [3.8, 4) is 5.75 Å². The van der Waals surface area contributed by atoms with Gasteiger partial charge < -0.3 is 20.1 Å². The summed E-state index contributed by atoms with van der Waals surface area (Å²) in [5.74, 6) is 0.521. The van der Waals surface area contributed by atoms with Crippen LogP contribution in [0, 0.1) is 11.6 Å². The van der Waals surface area contributed by atoms with Crippen LogP contribution in [0.2, 0.25) is 0 Å². The molecule has 0 aliphatic carbocycles. The van der Waals surface area contributed by atoms with E-state index in [9.17, 15) is 8.78 Å². The summed E-state index contributed by atoms with van der Waals surface area (Å²) in [5.41, 5.74) is 1.32. The van der Waals surface area contributed by atoms with Crippen molar-refractivity contribution in [2.24, 2.45) is 4.99 Å². The molecule has 2 aromatic carbocycles. The average molecular weight is 505 g/mol. The minimum atomic E-state index is -0.443. The van der Waals surface area contributed by atoms with Crippen LogP contribution < -0.4 is 15.4 Å². The number of nitrogens with zero attached hydrogens (tertiary/aromatic N) is 1. The van der Waals surface area contributed by atoms with Crippen molar-refractivity contribution >= 4 is 29.9 Å². The van der Waals surface area contributed by atoms with E-state index in [0.29, 0.717) is 44.2 Å². The molecule has 0 saturated carbocycles. The maximum atomic E-state index is 13.6. The maximum absolute atomic E-state index is 13.6. The normalized spacial score (nSPS) is 10.9. The van der Waals surface area contributed by atoms with E-state index >= 15 is 0 Å². The molecule has 2 aromatic rings. The molecule has 0 aliphatic heterocycles. The van der Waals surface area contributed by atoms with Gasteiger partial charge in [-0.3, -0.25) is 4.99 Å². The van der Waals surface area contributed by atoms with E-state index in [1.54, 1.807) is 14.2 Å². The van der Waals surface area contributed by atoms with E-state index in [2.05, 4.69) is 15.6 Å². The Balaban J connectivity index is 0.00000392. The van der Waals surface area contributed by atoms with E-state index in [-0.39, 0.29) is 24.0 Å².